The maximum absolute atomic E-state index is 13.1. The lowest BCUT2D eigenvalue weighted by molar-refractivity contribution is -0.141. The smallest absolute Gasteiger partial charge is 0.433 e. The van der Waals surface area contributed by atoms with E-state index in [-0.39, 0.29) is 30.5 Å². The number of hydrogen-bond donors (Lipinski definition) is 1. The maximum atomic E-state index is 13.1. The molecule has 1 aliphatic heterocycles. The Bertz CT molecular complexity index is 1400. The lowest BCUT2D eigenvalue weighted by Gasteiger charge is -2.37. The van der Waals surface area contributed by atoms with E-state index < -0.39 is 23.3 Å². The SMILES string of the molecule is CC(C)(O)C1CCN(C(=O)Cn2cc3cc(CC(=O)c4cccc(C(F)(F)F)n4)c(OCC4CC4)cc3n2)CC1. The van der Waals surface area contributed by atoms with Crippen LogP contribution in [0.2, 0.25) is 0 Å². The largest absolute Gasteiger partial charge is 0.493 e. The van der Waals surface area contributed by atoms with Gasteiger partial charge in [-0.15, -0.1) is 0 Å². The number of ketones is 1. The molecule has 214 valence electrons. The predicted octanol–water partition coefficient (Wildman–Crippen LogP) is 4.67. The molecule has 1 aromatic carbocycles. The molecule has 1 saturated heterocycles. The number of carbonyl (C=O) groups excluding carboxylic acids is 2. The van der Waals surface area contributed by atoms with Crippen molar-refractivity contribution in [3.63, 3.8) is 0 Å². The maximum Gasteiger partial charge on any atom is 0.433 e. The van der Waals surface area contributed by atoms with Crippen LogP contribution in [0.25, 0.3) is 10.9 Å². The fourth-order valence-electron chi connectivity index (χ4n) is 5.08. The molecule has 0 atom stereocenters. The van der Waals surface area contributed by atoms with E-state index in [0.717, 1.165) is 31.7 Å². The lowest BCUT2D eigenvalue weighted by atomic mass is 9.83. The number of pyridine rings is 1. The molecule has 1 aliphatic carbocycles. The average Bonchev–Trinajstić information content (AvgIpc) is 3.65. The molecule has 0 bridgehead atoms. The first-order valence-corrected chi connectivity index (χ1v) is 13.6. The van der Waals surface area contributed by atoms with Gasteiger partial charge >= 0.3 is 6.18 Å². The average molecular weight is 559 g/mol. The zero-order chi connectivity index (χ0) is 28.7. The summed E-state index contributed by atoms with van der Waals surface area (Å²) in [5, 5.41) is 15.5. The number of rotatable bonds is 9. The molecule has 3 heterocycles. The lowest BCUT2D eigenvalue weighted by Crippen LogP contribution is -2.45. The highest BCUT2D eigenvalue weighted by Gasteiger charge is 2.34. The van der Waals surface area contributed by atoms with Crippen molar-refractivity contribution in [1.29, 1.82) is 0 Å². The van der Waals surface area contributed by atoms with Crippen molar-refractivity contribution in [2.24, 2.45) is 11.8 Å². The second kappa shape index (κ2) is 10.8. The highest BCUT2D eigenvalue weighted by atomic mass is 19.4. The fourth-order valence-corrected chi connectivity index (χ4v) is 5.08. The van der Waals surface area contributed by atoms with E-state index in [2.05, 4.69) is 10.1 Å². The van der Waals surface area contributed by atoms with Gasteiger partial charge in [0.25, 0.3) is 0 Å². The third kappa shape index (κ3) is 6.63. The molecule has 2 fully saturated rings. The van der Waals surface area contributed by atoms with Gasteiger partial charge in [0.1, 0.15) is 23.7 Å². The quantitative estimate of drug-likeness (QED) is 0.384. The van der Waals surface area contributed by atoms with Crippen molar-refractivity contribution in [1.82, 2.24) is 19.7 Å². The van der Waals surface area contributed by atoms with E-state index in [9.17, 15) is 27.9 Å². The molecule has 1 saturated carbocycles. The van der Waals surface area contributed by atoms with Gasteiger partial charge in [0.15, 0.2) is 5.78 Å². The molecule has 5 rings (SSSR count). The van der Waals surface area contributed by atoms with E-state index in [1.165, 1.54) is 12.1 Å². The van der Waals surface area contributed by atoms with Gasteiger partial charge in [-0.1, -0.05) is 6.07 Å². The molecular formula is C29H33F3N4O4. The molecule has 2 aliphatic rings. The third-order valence-electron chi connectivity index (χ3n) is 7.73. The number of Topliss-reactive ketones (excluding diaryl/α,β-unsaturated/α-hetero) is 1. The van der Waals surface area contributed by atoms with Crippen LogP contribution in [0.4, 0.5) is 13.2 Å². The van der Waals surface area contributed by atoms with Crippen molar-refractivity contribution >= 4 is 22.6 Å². The summed E-state index contributed by atoms with van der Waals surface area (Å²) in [5.41, 5.74) is -1.04. The van der Waals surface area contributed by atoms with Crippen molar-refractivity contribution < 1.29 is 32.6 Å². The first-order valence-electron chi connectivity index (χ1n) is 13.6. The molecule has 2 aromatic heterocycles. The number of aliphatic hydroxyl groups is 1. The summed E-state index contributed by atoms with van der Waals surface area (Å²) >= 11 is 0. The highest BCUT2D eigenvalue weighted by Crippen LogP contribution is 2.33. The van der Waals surface area contributed by atoms with Gasteiger partial charge in [-0.25, -0.2) is 4.98 Å². The van der Waals surface area contributed by atoms with E-state index in [4.69, 9.17) is 4.74 Å². The number of fused-ring (bicyclic) bond motifs is 1. The van der Waals surface area contributed by atoms with Crippen molar-refractivity contribution in [2.45, 2.75) is 64.3 Å². The normalized spacial score (nSPS) is 16.9. The molecule has 40 heavy (non-hydrogen) atoms. The molecule has 0 radical (unpaired) electrons. The summed E-state index contributed by atoms with van der Waals surface area (Å²) in [5.74, 6) is 0.409. The van der Waals surface area contributed by atoms with Crippen LogP contribution < -0.4 is 4.74 Å². The van der Waals surface area contributed by atoms with Crippen LogP contribution in [0, 0.1) is 11.8 Å². The van der Waals surface area contributed by atoms with Gasteiger partial charge in [0, 0.05) is 42.7 Å². The Morgan fingerprint density at radius 1 is 1.10 bits per heavy atom. The van der Waals surface area contributed by atoms with Gasteiger partial charge in [-0.3, -0.25) is 14.3 Å². The van der Waals surface area contributed by atoms with Gasteiger partial charge < -0.3 is 14.7 Å². The second-order valence-corrected chi connectivity index (χ2v) is 11.4. The van der Waals surface area contributed by atoms with Crippen LogP contribution in [0.15, 0.2) is 36.5 Å². The Morgan fingerprint density at radius 3 is 2.48 bits per heavy atom. The van der Waals surface area contributed by atoms with Gasteiger partial charge in [0.05, 0.1) is 17.7 Å². The fraction of sp³-hybridized carbons (Fsp3) is 0.517. The number of piperidine rings is 1. The Kier molecular flexibility index (Phi) is 7.60. The van der Waals surface area contributed by atoms with Crippen molar-refractivity contribution in [2.75, 3.05) is 19.7 Å². The second-order valence-electron chi connectivity index (χ2n) is 11.4. The third-order valence-corrected chi connectivity index (χ3v) is 7.73. The number of carbonyl (C=O) groups is 2. The zero-order valence-electron chi connectivity index (χ0n) is 22.6. The van der Waals surface area contributed by atoms with Crippen LogP contribution in [0.5, 0.6) is 5.75 Å². The molecule has 1 amide bonds. The Balaban J connectivity index is 1.33. The highest BCUT2D eigenvalue weighted by molar-refractivity contribution is 5.97. The number of halogens is 3. The minimum Gasteiger partial charge on any atom is -0.493 e. The summed E-state index contributed by atoms with van der Waals surface area (Å²) in [6, 6.07) is 6.74. The minimum atomic E-state index is -4.65. The van der Waals surface area contributed by atoms with E-state index in [0.29, 0.717) is 47.8 Å². The number of likely N-dealkylation sites (tertiary alicyclic amines) is 1. The van der Waals surface area contributed by atoms with Crippen LogP contribution in [-0.4, -0.2) is 61.8 Å². The number of hydrogen-bond acceptors (Lipinski definition) is 6. The summed E-state index contributed by atoms with van der Waals surface area (Å²) < 4.78 is 46.9. The number of benzene rings is 1. The van der Waals surface area contributed by atoms with E-state index in [1.807, 2.05) is 0 Å². The van der Waals surface area contributed by atoms with E-state index in [1.54, 1.807) is 41.8 Å². The number of amides is 1. The molecule has 8 nitrogen and oxygen atoms in total. The number of nitrogens with zero attached hydrogens (tertiary/aromatic N) is 4. The molecule has 1 N–H and O–H groups in total. The monoisotopic (exact) mass is 558 g/mol. The minimum absolute atomic E-state index is 0.0442. The Hall–Kier alpha value is -3.47. The summed E-state index contributed by atoms with van der Waals surface area (Å²) in [7, 11) is 0. The Morgan fingerprint density at radius 2 is 1.82 bits per heavy atom. The number of ether oxygens (including phenoxy) is 1. The van der Waals surface area contributed by atoms with Gasteiger partial charge in [0.2, 0.25) is 5.91 Å². The first-order chi connectivity index (χ1) is 18.9. The van der Waals surface area contributed by atoms with Crippen LogP contribution >= 0.6 is 0 Å². The summed E-state index contributed by atoms with van der Waals surface area (Å²) in [4.78, 5) is 31.2. The standard InChI is InChI=1S/C29H33F3N4O4/c1-28(2,39)21-8-10-35(11-9-21)27(38)16-36-15-20-12-19(25(14-23(20)34-36)40-17-18-6-7-18)13-24(37)22-4-3-5-26(33-22)29(30,31)32/h3-5,12,14-15,18,21,39H,6-11,13,16-17H2,1-2H3. The van der Waals surface area contributed by atoms with Crippen LogP contribution in [0.3, 0.4) is 0 Å². The number of alkyl halides is 3. The summed E-state index contributed by atoms with van der Waals surface area (Å²) in [6.45, 7) is 5.26. The van der Waals surface area contributed by atoms with Crippen LogP contribution in [-0.2, 0) is 23.9 Å². The van der Waals surface area contributed by atoms with E-state index >= 15 is 0 Å². The molecule has 0 unspecified atom stereocenters. The summed E-state index contributed by atoms with van der Waals surface area (Å²) in [6.07, 6.45) is 0.475. The molecular weight excluding hydrogens is 525 g/mol. The predicted molar refractivity (Wildman–Crippen MR) is 141 cm³/mol. The van der Waals surface area contributed by atoms with Gasteiger partial charge in [-0.05, 0) is 69.6 Å². The van der Waals surface area contributed by atoms with Crippen molar-refractivity contribution in [3.8, 4) is 5.75 Å². The molecule has 0 spiro atoms. The van der Waals surface area contributed by atoms with Crippen LogP contribution in [0.1, 0.15) is 61.3 Å². The zero-order valence-corrected chi connectivity index (χ0v) is 22.6. The first kappa shape index (κ1) is 28.1. The topological polar surface area (TPSA) is 97.6 Å². The van der Waals surface area contributed by atoms with Crippen molar-refractivity contribution in [3.05, 3.63) is 53.5 Å². The molecule has 11 heteroatoms. The number of aromatic nitrogens is 3. The van der Waals surface area contributed by atoms with Gasteiger partial charge in [-0.2, -0.15) is 18.3 Å². The molecule has 3 aromatic rings. The Labute approximate surface area is 230 Å².